The molecule has 0 fully saturated rings. The summed E-state index contributed by atoms with van der Waals surface area (Å²) >= 11 is 0. The van der Waals surface area contributed by atoms with Crippen molar-refractivity contribution in [2.24, 2.45) is 7.05 Å². The van der Waals surface area contributed by atoms with Crippen molar-refractivity contribution in [1.82, 2.24) is 9.55 Å². The first-order valence-corrected chi connectivity index (χ1v) is 6.03. The number of aliphatic carboxylic acids is 1. The molecule has 0 aliphatic rings. The van der Waals surface area contributed by atoms with Crippen molar-refractivity contribution in [2.75, 3.05) is 0 Å². The van der Waals surface area contributed by atoms with Crippen molar-refractivity contribution in [2.45, 2.75) is 32.1 Å². The van der Waals surface area contributed by atoms with Gasteiger partial charge in [-0.15, -0.1) is 0 Å². The van der Waals surface area contributed by atoms with E-state index in [1.165, 1.54) is 0 Å². The highest BCUT2D eigenvalue weighted by atomic mass is 16.4. The fourth-order valence-corrected chi connectivity index (χ4v) is 2.12. The number of rotatable bonds is 4. The van der Waals surface area contributed by atoms with Crippen LogP contribution in [-0.2, 0) is 17.3 Å². The van der Waals surface area contributed by atoms with Gasteiger partial charge in [-0.25, -0.2) is 4.98 Å². The van der Waals surface area contributed by atoms with Crippen molar-refractivity contribution in [1.29, 1.82) is 0 Å². The van der Waals surface area contributed by atoms with Gasteiger partial charge in [0.25, 0.3) is 0 Å². The van der Waals surface area contributed by atoms with Gasteiger partial charge in [-0.05, 0) is 29.5 Å². The Morgan fingerprint density at radius 3 is 2.83 bits per heavy atom. The maximum absolute atomic E-state index is 10.7. The van der Waals surface area contributed by atoms with Gasteiger partial charge in [0, 0.05) is 13.5 Å². The van der Waals surface area contributed by atoms with Crippen LogP contribution in [0.2, 0.25) is 0 Å². The maximum atomic E-state index is 10.7. The summed E-state index contributed by atoms with van der Waals surface area (Å²) in [6, 6.07) is 6.16. The second-order valence-corrected chi connectivity index (χ2v) is 5.34. The molecule has 0 saturated heterocycles. The molecule has 1 aromatic carbocycles. The minimum atomic E-state index is -0.748. The van der Waals surface area contributed by atoms with Gasteiger partial charge in [-0.1, -0.05) is 19.9 Å². The number of benzene rings is 1. The van der Waals surface area contributed by atoms with E-state index in [4.69, 9.17) is 5.11 Å². The molecule has 4 nitrogen and oxygen atoms in total. The van der Waals surface area contributed by atoms with Crippen LogP contribution in [0.1, 0.15) is 32.3 Å². The fourth-order valence-electron chi connectivity index (χ4n) is 2.12. The second kappa shape index (κ2) is 4.44. The predicted molar refractivity (Wildman–Crippen MR) is 70.6 cm³/mol. The molecule has 0 saturated carbocycles. The number of imidazole rings is 1. The number of nitrogens with zero attached hydrogens (tertiary/aromatic N) is 2. The lowest BCUT2D eigenvalue weighted by molar-refractivity contribution is -0.137. The molecule has 2 rings (SSSR count). The van der Waals surface area contributed by atoms with Crippen molar-refractivity contribution in [3.05, 3.63) is 30.1 Å². The van der Waals surface area contributed by atoms with Crippen LogP contribution in [0.15, 0.2) is 24.5 Å². The highest BCUT2D eigenvalue weighted by Gasteiger charge is 2.22. The third-order valence-corrected chi connectivity index (χ3v) is 3.47. The molecule has 0 spiro atoms. The number of hydrogen-bond acceptors (Lipinski definition) is 2. The maximum Gasteiger partial charge on any atom is 0.303 e. The molecular weight excluding hydrogens is 228 g/mol. The first-order chi connectivity index (χ1) is 8.40. The third-order valence-electron chi connectivity index (χ3n) is 3.47. The standard InChI is InChI=1S/C14H18N2O2/c1-14(2,7-6-13(17)18)10-4-5-12-11(8-10)15-9-16(12)3/h4-5,8-9H,6-7H2,1-3H3,(H,17,18). The molecule has 0 aliphatic heterocycles. The Morgan fingerprint density at radius 1 is 1.44 bits per heavy atom. The molecule has 1 aromatic heterocycles. The van der Waals surface area contributed by atoms with E-state index in [1.54, 1.807) is 6.33 Å². The van der Waals surface area contributed by atoms with Crippen molar-refractivity contribution < 1.29 is 9.90 Å². The van der Waals surface area contributed by atoms with Crippen LogP contribution in [0.3, 0.4) is 0 Å². The Kier molecular flexibility index (Phi) is 3.11. The molecule has 2 aromatic rings. The Bertz CT molecular complexity index is 584. The number of fused-ring (bicyclic) bond motifs is 1. The van der Waals surface area contributed by atoms with Crippen LogP contribution in [0.5, 0.6) is 0 Å². The van der Waals surface area contributed by atoms with Gasteiger partial charge in [0.15, 0.2) is 0 Å². The number of carbonyl (C=O) groups is 1. The van der Waals surface area contributed by atoms with Crippen LogP contribution in [0, 0.1) is 0 Å². The molecule has 0 unspecified atom stereocenters. The topological polar surface area (TPSA) is 55.1 Å². The van der Waals surface area contributed by atoms with Gasteiger partial charge in [-0.3, -0.25) is 4.79 Å². The van der Waals surface area contributed by atoms with Gasteiger partial charge >= 0.3 is 5.97 Å². The molecule has 0 atom stereocenters. The molecule has 96 valence electrons. The molecule has 4 heteroatoms. The minimum Gasteiger partial charge on any atom is -0.481 e. The number of aromatic nitrogens is 2. The highest BCUT2D eigenvalue weighted by Crippen LogP contribution is 2.30. The van der Waals surface area contributed by atoms with Crippen molar-refractivity contribution in [3.63, 3.8) is 0 Å². The Morgan fingerprint density at radius 2 is 2.17 bits per heavy atom. The normalized spacial score (nSPS) is 11.9. The fraction of sp³-hybridized carbons (Fsp3) is 0.429. The summed E-state index contributed by atoms with van der Waals surface area (Å²) in [7, 11) is 1.96. The average molecular weight is 246 g/mol. The first kappa shape index (κ1) is 12.6. The van der Waals surface area contributed by atoms with E-state index >= 15 is 0 Å². The lowest BCUT2D eigenvalue weighted by atomic mass is 9.80. The first-order valence-electron chi connectivity index (χ1n) is 6.03. The van der Waals surface area contributed by atoms with Crippen LogP contribution in [0.4, 0.5) is 0 Å². The zero-order valence-corrected chi connectivity index (χ0v) is 11.0. The number of aryl methyl sites for hydroxylation is 1. The zero-order valence-electron chi connectivity index (χ0n) is 11.0. The van der Waals surface area contributed by atoms with Crippen LogP contribution in [0.25, 0.3) is 11.0 Å². The Hall–Kier alpha value is -1.84. The lowest BCUT2D eigenvalue weighted by Crippen LogP contribution is -2.18. The molecule has 0 radical (unpaired) electrons. The summed E-state index contributed by atoms with van der Waals surface area (Å²) in [4.78, 5) is 15.0. The van der Waals surface area contributed by atoms with Crippen LogP contribution >= 0.6 is 0 Å². The predicted octanol–water partition coefficient (Wildman–Crippen LogP) is 2.72. The second-order valence-electron chi connectivity index (χ2n) is 5.34. The van der Waals surface area contributed by atoms with E-state index < -0.39 is 5.97 Å². The van der Waals surface area contributed by atoms with E-state index in [9.17, 15) is 4.79 Å². The molecule has 18 heavy (non-hydrogen) atoms. The summed E-state index contributed by atoms with van der Waals surface area (Å²) in [5, 5.41) is 8.78. The SMILES string of the molecule is Cn1cnc2cc(C(C)(C)CCC(=O)O)ccc21. The Labute approximate surface area is 106 Å². The van der Waals surface area contributed by atoms with Gasteiger partial charge in [0.2, 0.25) is 0 Å². The zero-order chi connectivity index (χ0) is 13.3. The van der Waals surface area contributed by atoms with E-state index in [1.807, 2.05) is 17.7 Å². The Balaban J connectivity index is 2.32. The van der Waals surface area contributed by atoms with Crippen LogP contribution < -0.4 is 0 Å². The van der Waals surface area contributed by atoms with Crippen molar-refractivity contribution >= 4 is 17.0 Å². The molecule has 0 amide bonds. The van der Waals surface area contributed by atoms with E-state index in [2.05, 4.69) is 31.0 Å². The van der Waals surface area contributed by atoms with Gasteiger partial charge < -0.3 is 9.67 Å². The highest BCUT2D eigenvalue weighted by molar-refractivity contribution is 5.76. The van der Waals surface area contributed by atoms with E-state index in [-0.39, 0.29) is 11.8 Å². The summed E-state index contributed by atoms with van der Waals surface area (Å²) in [5.74, 6) is -0.748. The van der Waals surface area contributed by atoms with Crippen molar-refractivity contribution in [3.8, 4) is 0 Å². The number of carboxylic acid groups (broad SMARTS) is 1. The summed E-state index contributed by atoms with van der Waals surface area (Å²) < 4.78 is 1.98. The molecule has 1 heterocycles. The third kappa shape index (κ3) is 2.37. The minimum absolute atomic E-state index is 0.149. The average Bonchev–Trinajstić information content (AvgIpc) is 2.68. The lowest BCUT2D eigenvalue weighted by Gasteiger charge is -2.24. The molecule has 0 aliphatic carbocycles. The quantitative estimate of drug-likeness (QED) is 0.902. The van der Waals surface area contributed by atoms with E-state index in [0.29, 0.717) is 6.42 Å². The number of hydrogen-bond donors (Lipinski definition) is 1. The molecule has 1 N–H and O–H groups in total. The van der Waals surface area contributed by atoms with Gasteiger partial charge in [-0.2, -0.15) is 0 Å². The summed E-state index contributed by atoms with van der Waals surface area (Å²) in [6.07, 6.45) is 2.60. The summed E-state index contributed by atoms with van der Waals surface area (Å²) in [5.41, 5.74) is 3.03. The monoisotopic (exact) mass is 246 g/mol. The summed E-state index contributed by atoms with van der Waals surface area (Å²) in [6.45, 7) is 4.14. The van der Waals surface area contributed by atoms with Gasteiger partial charge in [0.05, 0.1) is 17.4 Å². The van der Waals surface area contributed by atoms with Gasteiger partial charge in [0.1, 0.15) is 0 Å². The van der Waals surface area contributed by atoms with E-state index in [0.717, 1.165) is 16.6 Å². The largest absolute Gasteiger partial charge is 0.481 e. The molecule has 0 bridgehead atoms. The number of carboxylic acids is 1. The van der Waals surface area contributed by atoms with Crippen LogP contribution in [-0.4, -0.2) is 20.6 Å². The molecular formula is C14H18N2O2. The smallest absolute Gasteiger partial charge is 0.303 e.